The van der Waals surface area contributed by atoms with Crippen molar-refractivity contribution in [3.8, 4) is 0 Å². The van der Waals surface area contributed by atoms with Crippen LogP contribution in [0.5, 0.6) is 0 Å². The van der Waals surface area contributed by atoms with Crippen molar-refractivity contribution >= 4 is 138 Å². The van der Waals surface area contributed by atoms with E-state index >= 15 is 8.78 Å². The second-order valence-corrected chi connectivity index (χ2v) is 33.4. The second-order valence-electron chi connectivity index (χ2n) is 29.8. The van der Waals surface area contributed by atoms with E-state index in [1.807, 2.05) is 41.5 Å². The summed E-state index contributed by atoms with van der Waals surface area (Å²) in [5.41, 5.74) is 5.36. The van der Waals surface area contributed by atoms with Crippen LogP contribution in [0.3, 0.4) is 0 Å². The molecule has 15 aromatic rings. The molecular formula is C87H84Br4F8N16O12. The standard InChI is InChI=1S/C22H24BrF2N3O3.C19H13BrF2N4O.C17H13BrF2N2O2.C16H11BrF2N2O2.C7H6N4O.C6H15NO2.H2O/c1-22(2,3)30-7-8-31-27-21(29)16-11-18-20(26-12-28(18)4)19(25)15(16)9-13-5-6-14(23)10-17(13)24;1-25-10-24-18-16(25)8-14(19(27)26-5-4-23-9-26)13(17(18)22)6-11-2-3-12(20)7-15(11)21;1-22-8-21-16-14(22)7-12(17(23)24-2)11(15(16)20)5-9-3-4-10(18)6-13(9)19;1-21-7-20-15-13(21)6-11(16(22)23)10(14(15)19)4-8-2-3-9(17)5-12(8)18;12-7(10-3-1-8-5-10)11-4-2-9-6-11;1-6(2,3)8-4-5-9-7;/h5-6,10-12H,7-9H2,1-4H3,(H,27,29);2-5,7-10H,6H2,1H3;3-4,6-8H,5H2,1-2H3;2-3,5-7H,4H2,1H3,(H,22,23);1-6H;4-5,7H2,1-3H3;1H2. The molecule has 8 aromatic carbocycles. The number of imidazole rings is 7. The molecule has 6 N–H and O–H groups in total. The summed E-state index contributed by atoms with van der Waals surface area (Å²) >= 11 is 12.7. The molecule has 7 aromatic heterocycles. The maximum atomic E-state index is 15.3. The zero-order valence-corrected chi connectivity index (χ0v) is 76.1. The Balaban J connectivity index is 0.000000178. The van der Waals surface area contributed by atoms with E-state index in [-0.39, 0.29) is 150 Å². The Kier molecular flexibility index (Phi) is 34.3. The molecule has 15 rings (SSSR count). The molecule has 0 saturated carbocycles. The van der Waals surface area contributed by atoms with Gasteiger partial charge in [0.15, 0.2) is 23.3 Å². The van der Waals surface area contributed by atoms with E-state index in [9.17, 15) is 55.4 Å². The molecule has 0 unspecified atom stereocenters. The average molecular weight is 2020 g/mol. The topological polar surface area (TPSA) is 346 Å². The largest absolute Gasteiger partial charge is 0.478 e. The van der Waals surface area contributed by atoms with Crippen molar-refractivity contribution in [3.63, 3.8) is 0 Å². The van der Waals surface area contributed by atoms with Gasteiger partial charge < -0.3 is 47.9 Å². The number of amides is 1. The van der Waals surface area contributed by atoms with Gasteiger partial charge in [-0.3, -0.25) is 28.1 Å². The molecule has 0 saturated heterocycles. The number of nitrogens with zero attached hydrogens (tertiary/aromatic N) is 14. The Hall–Kier alpha value is -11.9. The summed E-state index contributed by atoms with van der Waals surface area (Å²) in [5, 5.41) is 9.37. The number of nitrogens with two attached hydrogens (primary N) is 1. The number of hydrogen-bond acceptors (Lipinski definition) is 18. The van der Waals surface area contributed by atoms with E-state index in [0.29, 0.717) is 53.2 Å². The summed E-state index contributed by atoms with van der Waals surface area (Å²) in [6.45, 7) is 13.1. The lowest BCUT2D eigenvalue weighted by atomic mass is 9.97. The molecule has 0 aliphatic rings. The molecule has 0 aliphatic carbocycles. The number of carbonyl (C=O) groups excluding carboxylic acids is 4. The molecule has 668 valence electrons. The van der Waals surface area contributed by atoms with Crippen molar-refractivity contribution in [2.45, 2.75) is 78.4 Å². The first-order valence-electron chi connectivity index (χ1n) is 37.9. The number of methoxy groups -OCH3 is 1. The van der Waals surface area contributed by atoms with Gasteiger partial charge in [-0.25, -0.2) is 95.8 Å². The molecule has 28 nitrogen and oxygen atoms in total. The first-order valence-corrected chi connectivity index (χ1v) is 41.1. The number of hydrogen-bond donors (Lipinski definition) is 3. The molecule has 40 heteroatoms. The van der Waals surface area contributed by atoms with Crippen molar-refractivity contribution in [1.29, 1.82) is 0 Å². The smallest absolute Gasteiger partial charge is 0.338 e. The highest BCUT2D eigenvalue weighted by Crippen LogP contribution is 2.34. The van der Waals surface area contributed by atoms with Gasteiger partial charge in [-0.2, -0.15) is 0 Å². The van der Waals surface area contributed by atoms with Crippen LogP contribution in [0.1, 0.15) is 127 Å². The minimum Gasteiger partial charge on any atom is -0.478 e. The fourth-order valence-corrected chi connectivity index (χ4v) is 13.7. The number of carbonyl (C=O) groups is 5. The fourth-order valence-electron chi connectivity index (χ4n) is 12.4. The van der Waals surface area contributed by atoms with Gasteiger partial charge in [0.1, 0.15) is 64.3 Å². The van der Waals surface area contributed by atoms with E-state index < -0.39 is 70.3 Å². The number of halogens is 12. The van der Waals surface area contributed by atoms with E-state index in [4.69, 9.17) is 24.9 Å². The van der Waals surface area contributed by atoms with Crippen molar-refractivity contribution < 1.29 is 93.6 Å². The molecule has 1 amide bonds. The number of aryl methyl sites for hydroxylation is 4. The van der Waals surface area contributed by atoms with Gasteiger partial charge in [0, 0.05) is 137 Å². The van der Waals surface area contributed by atoms with Crippen molar-refractivity contribution in [1.82, 2.24) is 72.3 Å². The number of hydroxylamine groups is 1. The highest BCUT2D eigenvalue weighted by Gasteiger charge is 2.29. The summed E-state index contributed by atoms with van der Waals surface area (Å²) in [6.07, 6.45) is 18.8. The lowest BCUT2D eigenvalue weighted by Crippen LogP contribution is -2.29. The minimum absolute atomic E-state index is 0. The Morgan fingerprint density at radius 3 is 1.05 bits per heavy atom. The lowest BCUT2D eigenvalue weighted by Gasteiger charge is -2.19. The number of nitrogens with one attached hydrogen (secondary N) is 1. The number of benzene rings is 8. The average Bonchev–Trinajstić information content (AvgIpc) is 1.70. The number of fused-ring (bicyclic) bond motifs is 4. The minimum atomic E-state index is -1.26. The number of carboxylic acids is 1. The lowest BCUT2D eigenvalue weighted by molar-refractivity contribution is -0.0511. The Morgan fingerprint density at radius 2 is 0.732 bits per heavy atom. The van der Waals surface area contributed by atoms with Gasteiger partial charge in [-0.1, -0.05) is 88.0 Å². The van der Waals surface area contributed by atoms with Crippen LogP contribution in [0.25, 0.3) is 44.1 Å². The van der Waals surface area contributed by atoms with E-state index in [1.165, 1.54) is 131 Å². The third kappa shape index (κ3) is 25.3. The van der Waals surface area contributed by atoms with Crippen LogP contribution in [-0.4, -0.2) is 152 Å². The predicted molar refractivity (Wildman–Crippen MR) is 470 cm³/mol. The van der Waals surface area contributed by atoms with Crippen LogP contribution < -0.4 is 11.4 Å². The van der Waals surface area contributed by atoms with E-state index in [1.54, 1.807) is 115 Å². The van der Waals surface area contributed by atoms with Crippen molar-refractivity contribution in [2.24, 2.45) is 34.1 Å². The summed E-state index contributed by atoms with van der Waals surface area (Å²) in [7, 11) is 7.98. The molecular weight excluding hydrogens is 1930 g/mol. The molecule has 127 heavy (non-hydrogen) atoms. The predicted octanol–water partition coefficient (Wildman–Crippen LogP) is 17.1. The Bertz CT molecular complexity index is 6400. The fraction of sp³-hybridized carbons (Fsp3) is 0.241. The normalized spacial score (nSPS) is 11.2. The third-order valence-corrected chi connectivity index (χ3v) is 20.7. The number of aromatic nitrogens is 14. The molecule has 0 radical (unpaired) electrons. The summed E-state index contributed by atoms with van der Waals surface area (Å²) in [4.78, 5) is 97.7. The Labute approximate surface area is 754 Å². The first-order chi connectivity index (χ1) is 59.8. The van der Waals surface area contributed by atoms with Crippen LogP contribution in [0.2, 0.25) is 0 Å². The van der Waals surface area contributed by atoms with Gasteiger partial charge in [0.05, 0.1) is 109 Å². The zero-order valence-electron chi connectivity index (χ0n) is 69.8. The number of esters is 1. The molecule has 7 heterocycles. The number of aromatic carboxylic acids is 1. The van der Waals surface area contributed by atoms with Gasteiger partial charge >= 0.3 is 18.0 Å². The number of carboxylic acid groups (broad SMARTS) is 1. The third-order valence-electron chi connectivity index (χ3n) is 18.7. The first kappa shape index (κ1) is 98.9. The van der Waals surface area contributed by atoms with Crippen molar-refractivity contribution in [3.05, 3.63) is 310 Å². The monoisotopic (exact) mass is 2010 g/mol. The number of ether oxygens (including phenoxy) is 3. The van der Waals surface area contributed by atoms with E-state index in [2.05, 4.69) is 109 Å². The quantitative estimate of drug-likeness (QED) is 0.0293. The van der Waals surface area contributed by atoms with Gasteiger partial charge in [0.2, 0.25) is 0 Å². The summed E-state index contributed by atoms with van der Waals surface area (Å²) in [5.74, 6) is -2.91. The molecule has 0 aliphatic heterocycles. The van der Waals surface area contributed by atoms with E-state index in [0.717, 1.165) is 0 Å². The highest BCUT2D eigenvalue weighted by atomic mass is 79.9. The summed E-state index contributed by atoms with van der Waals surface area (Å²) in [6, 6.07) is 23.7. The SMILES string of the molecule is CC(C)(C)OCCON.COC(=O)c1cc2c(ncn2C)c(F)c1Cc1ccc(Br)cc1F.Cn1cnc2c(F)c(Cc3ccc(Br)cc3F)c(C(=O)NOCCOC(C)(C)C)cc21.Cn1cnc2c(F)c(Cc3ccc(Br)cc3F)c(C(=O)O)cc21.Cn1cnc2c(F)c(Cc3ccc(Br)cc3F)c(C(=O)n3ccnc3)cc21.O.O=C(n1ccnc1)n1ccnc1. The van der Waals surface area contributed by atoms with Gasteiger partial charge in [-0.15, -0.1) is 0 Å². The van der Waals surface area contributed by atoms with Crippen LogP contribution in [0, 0.1) is 46.5 Å². The van der Waals surface area contributed by atoms with Gasteiger partial charge in [0.25, 0.3) is 11.8 Å². The highest BCUT2D eigenvalue weighted by molar-refractivity contribution is 9.11. The second kappa shape index (κ2) is 44.0. The molecule has 0 spiro atoms. The summed E-state index contributed by atoms with van der Waals surface area (Å²) < 4.78 is 145. The van der Waals surface area contributed by atoms with Crippen LogP contribution >= 0.6 is 63.7 Å². The Morgan fingerprint density at radius 1 is 0.425 bits per heavy atom. The maximum Gasteiger partial charge on any atom is 0.338 e. The van der Waals surface area contributed by atoms with Crippen LogP contribution in [-0.2, 0) is 77.8 Å². The molecule has 0 atom stereocenters. The van der Waals surface area contributed by atoms with Crippen molar-refractivity contribution in [2.75, 3.05) is 33.5 Å². The van der Waals surface area contributed by atoms with Gasteiger partial charge in [-0.05, 0) is 137 Å². The van der Waals surface area contributed by atoms with Crippen LogP contribution in [0.4, 0.5) is 39.9 Å². The number of rotatable bonds is 19. The van der Waals surface area contributed by atoms with Crippen LogP contribution in [0.15, 0.2) is 196 Å². The molecule has 0 bridgehead atoms. The maximum absolute atomic E-state index is 15.3. The zero-order chi connectivity index (χ0) is 91.8. The molecule has 0 fully saturated rings.